The molecule has 0 saturated carbocycles. The SMILES string of the molecule is COCCN1CCC2(CCN(c3cc(=O)[nH]c(C)n3)C2)C1=O. The number of ether oxygens (including phenoxy) is 1. The van der Waals surface area contributed by atoms with E-state index in [1.807, 2.05) is 4.90 Å². The van der Waals surface area contributed by atoms with Gasteiger partial charge in [-0.1, -0.05) is 0 Å². The molecule has 1 amide bonds. The lowest BCUT2D eigenvalue weighted by Gasteiger charge is -2.24. The van der Waals surface area contributed by atoms with Gasteiger partial charge in [-0.2, -0.15) is 0 Å². The standard InChI is InChI=1S/C15H22N4O3/c1-11-16-12(9-13(20)17-11)19-6-4-15(10-19)3-5-18(14(15)21)7-8-22-2/h9H,3-8,10H2,1-2H3,(H,16,17,20). The molecule has 3 rings (SSSR count). The normalized spacial score (nSPS) is 24.7. The third-order valence-electron chi connectivity index (χ3n) is 4.69. The number of H-pyrrole nitrogens is 1. The fourth-order valence-corrected chi connectivity index (χ4v) is 3.48. The lowest BCUT2D eigenvalue weighted by Crippen LogP contribution is -2.38. The zero-order valence-corrected chi connectivity index (χ0v) is 13.1. The van der Waals surface area contributed by atoms with E-state index in [0.717, 1.165) is 25.9 Å². The Labute approximate surface area is 129 Å². The fraction of sp³-hybridized carbons (Fsp3) is 0.667. The number of aromatic amines is 1. The first kappa shape index (κ1) is 15.0. The van der Waals surface area contributed by atoms with Crippen LogP contribution in [-0.4, -0.2) is 60.7 Å². The number of likely N-dealkylation sites (tertiary alicyclic amines) is 1. The predicted molar refractivity (Wildman–Crippen MR) is 81.9 cm³/mol. The van der Waals surface area contributed by atoms with Gasteiger partial charge in [-0.05, 0) is 19.8 Å². The summed E-state index contributed by atoms with van der Waals surface area (Å²) in [6.45, 7) is 5.19. The Balaban J connectivity index is 1.74. The Hall–Kier alpha value is -1.89. The molecule has 7 nitrogen and oxygen atoms in total. The van der Waals surface area contributed by atoms with Crippen molar-refractivity contribution in [1.82, 2.24) is 14.9 Å². The molecular weight excluding hydrogens is 284 g/mol. The highest BCUT2D eigenvalue weighted by atomic mass is 16.5. The third-order valence-corrected chi connectivity index (χ3v) is 4.69. The number of carbonyl (C=O) groups excluding carboxylic acids is 1. The number of nitrogens with zero attached hydrogens (tertiary/aromatic N) is 3. The highest BCUT2D eigenvalue weighted by molar-refractivity contribution is 5.86. The first-order valence-corrected chi connectivity index (χ1v) is 7.65. The predicted octanol–water partition coefficient (Wildman–Crippen LogP) is 0.154. The van der Waals surface area contributed by atoms with Crippen LogP contribution in [0.2, 0.25) is 0 Å². The van der Waals surface area contributed by atoms with Gasteiger partial charge in [0.05, 0.1) is 12.0 Å². The van der Waals surface area contributed by atoms with Gasteiger partial charge >= 0.3 is 0 Å². The van der Waals surface area contributed by atoms with Gasteiger partial charge in [-0.25, -0.2) is 4.98 Å². The molecule has 3 heterocycles. The highest BCUT2D eigenvalue weighted by Crippen LogP contribution is 2.41. The number of rotatable bonds is 4. The molecule has 1 unspecified atom stereocenters. The van der Waals surface area contributed by atoms with Crippen LogP contribution in [0.5, 0.6) is 0 Å². The van der Waals surface area contributed by atoms with E-state index >= 15 is 0 Å². The average Bonchev–Trinajstić information content (AvgIpc) is 3.03. The molecule has 7 heteroatoms. The largest absolute Gasteiger partial charge is 0.383 e. The van der Waals surface area contributed by atoms with E-state index in [-0.39, 0.29) is 16.9 Å². The second-order valence-electron chi connectivity index (χ2n) is 6.18. The average molecular weight is 306 g/mol. The third kappa shape index (κ3) is 2.61. The Morgan fingerprint density at radius 3 is 2.86 bits per heavy atom. The summed E-state index contributed by atoms with van der Waals surface area (Å²) in [5.74, 6) is 1.48. The number of anilines is 1. The Morgan fingerprint density at radius 2 is 2.14 bits per heavy atom. The summed E-state index contributed by atoms with van der Waals surface area (Å²) in [4.78, 5) is 35.3. The van der Waals surface area contributed by atoms with Crippen molar-refractivity contribution in [2.24, 2.45) is 5.41 Å². The molecule has 22 heavy (non-hydrogen) atoms. The van der Waals surface area contributed by atoms with E-state index in [0.29, 0.717) is 31.3 Å². The lowest BCUT2D eigenvalue weighted by atomic mass is 9.85. The van der Waals surface area contributed by atoms with Crippen molar-refractivity contribution < 1.29 is 9.53 Å². The second-order valence-corrected chi connectivity index (χ2v) is 6.18. The summed E-state index contributed by atoms with van der Waals surface area (Å²) in [6, 6.07) is 1.51. The maximum absolute atomic E-state index is 12.7. The van der Waals surface area contributed by atoms with Crippen molar-refractivity contribution >= 4 is 11.7 Å². The van der Waals surface area contributed by atoms with E-state index in [9.17, 15) is 9.59 Å². The van der Waals surface area contributed by atoms with Gasteiger partial charge in [-0.15, -0.1) is 0 Å². The minimum atomic E-state index is -0.314. The van der Waals surface area contributed by atoms with Crippen LogP contribution < -0.4 is 10.5 Å². The van der Waals surface area contributed by atoms with Crippen LogP contribution in [0.3, 0.4) is 0 Å². The first-order chi connectivity index (χ1) is 10.5. The molecule has 120 valence electrons. The van der Waals surface area contributed by atoms with Crippen molar-refractivity contribution in [3.05, 3.63) is 22.2 Å². The van der Waals surface area contributed by atoms with Crippen LogP contribution in [0, 0.1) is 12.3 Å². The van der Waals surface area contributed by atoms with Crippen LogP contribution in [-0.2, 0) is 9.53 Å². The quantitative estimate of drug-likeness (QED) is 0.857. The summed E-state index contributed by atoms with van der Waals surface area (Å²) in [5.41, 5.74) is -0.464. The van der Waals surface area contributed by atoms with Crippen LogP contribution >= 0.6 is 0 Å². The van der Waals surface area contributed by atoms with Crippen LogP contribution in [0.15, 0.2) is 10.9 Å². The van der Waals surface area contributed by atoms with Crippen LogP contribution in [0.25, 0.3) is 0 Å². The molecule has 1 atom stereocenters. The lowest BCUT2D eigenvalue weighted by molar-refractivity contribution is -0.135. The molecule has 0 aliphatic carbocycles. The maximum atomic E-state index is 12.7. The maximum Gasteiger partial charge on any atom is 0.252 e. The molecule has 2 fully saturated rings. The van der Waals surface area contributed by atoms with Gasteiger partial charge in [-0.3, -0.25) is 9.59 Å². The molecule has 2 saturated heterocycles. The first-order valence-electron chi connectivity index (χ1n) is 7.65. The number of aromatic nitrogens is 2. The van der Waals surface area contributed by atoms with Gasteiger partial charge in [0.15, 0.2) is 0 Å². The number of hydrogen-bond donors (Lipinski definition) is 1. The highest BCUT2D eigenvalue weighted by Gasteiger charge is 2.50. The summed E-state index contributed by atoms with van der Waals surface area (Å²) in [5, 5.41) is 0. The van der Waals surface area contributed by atoms with Crippen molar-refractivity contribution in [2.45, 2.75) is 19.8 Å². The second kappa shape index (κ2) is 5.72. The molecule has 0 bridgehead atoms. The molecular formula is C15H22N4O3. The van der Waals surface area contributed by atoms with Crippen LogP contribution in [0.4, 0.5) is 5.82 Å². The van der Waals surface area contributed by atoms with Gasteiger partial charge in [0, 0.05) is 39.4 Å². The van der Waals surface area contributed by atoms with E-state index in [2.05, 4.69) is 14.9 Å². The van der Waals surface area contributed by atoms with Gasteiger partial charge < -0.3 is 19.5 Å². The Morgan fingerprint density at radius 1 is 1.36 bits per heavy atom. The summed E-state index contributed by atoms with van der Waals surface area (Å²) in [6.07, 6.45) is 1.69. The molecule has 1 aromatic rings. The number of methoxy groups -OCH3 is 1. The number of carbonyl (C=O) groups is 1. The van der Waals surface area contributed by atoms with Crippen molar-refractivity contribution in [3.63, 3.8) is 0 Å². The Kier molecular flexibility index (Phi) is 3.90. The minimum Gasteiger partial charge on any atom is -0.383 e. The fourth-order valence-electron chi connectivity index (χ4n) is 3.48. The van der Waals surface area contributed by atoms with Gasteiger partial charge in [0.25, 0.3) is 5.56 Å². The Bertz CT molecular complexity index is 629. The topological polar surface area (TPSA) is 78.5 Å². The van der Waals surface area contributed by atoms with Gasteiger partial charge in [0.1, 0.15) is 11.6 Å². The molecule has 1 N–H and O–H groups in total. The molecule has 2 aliphatic heterocycles. The van der Waals surface area contributed by atoms with E-state index in [1.54, 1.807) is 14.0 Å². The molecule has 1 aromatic heterocycles. The summed E-state index contributed by atoms with van der Waals surface area (Å²) < 4.78 is 5.07. The summed E-state index contributed by atoms with van der Waals surface area (Å²) in [7, 11) is 1.65. The number of nitrogens with one attached hydrogen (secondary N) is 1. The van der Waals surface area contributed by atoms with E-state index < -0.39 is 0 Å². The van der Waals surface area contributed by atoms with E-state index in [1.165, 1.54) is 6.07 Å². The van der Waals surface area contributed by atoms with Crippen molar-refractivity contribution in [3.8, 4) is 0 Å². The monoisotopic (exact) mass is 306 g/mol. The molecule has 0 radical (unpaired) electrons. The molecule has 2 aliphatic rings. The molecule has 1 spiro atoms. The number of amides is 1. The summed E-state index contributed by atoms with van der Waals surface area (Å²) >= 11 is 0. The van der Waals surface area contributed by atoms with Crippen molar-refractivity contribution in [2.75, 3.05) is 44.8 Å². The minimum absolute atomic E-state index is 0.150. The zero-order valence-electron chi connectivity index (χ0n) is 13.1. The molecule has 0 aromatic carbocycles. The van der Waals surface area contributed by atoms with E-state index in [4.69, 9.17) is 4.74 Å². The van der Waals surface area contributed by atoms with Gasteiger partial charge in [0.2, 0.25) is 5.91 Å². The number of hydrogen-bond acceptors (Lipinski definition) is 5. The zero-order chi connectivity index (χ0) is 15.7. The number of aryl methyl sites for hydroxylation is 1. The smallest absolute Gasteiger partial charge is 0.252 e. The van der Waals surface area contributed by atoms with Crippen LogP contribution in [0.1, 0.15) is 18.7 Å². The van der Waals surface area contributed by atoms with Crippen molar-refractivity contribution in [1.29, 1.82) is 0 Å².